The number of alkyl halides is 3. The number of hydrogen-bond donors (Lipinski definition) is 0. The summed E-state index contributed by atoms with van der Waals surface area (Å²) >= 11 is 5.61. The molecule has 0 bridgehead atoms. The van der Waals surface area contributed by atoms with Gasteiger partial charge in [0.1, 0.15) is 11.2 Å². The van der Waals surface area contributed by atoms with Gasteiger partial charge in [-0.3, -0.25) is 4.79 Å². The molecule has 0 aliphatic rings. The van der Waals surface area contributed by atoms with Crippen LogP contribution in [0.5, 0.6) is 0 Å². The predicted octanol–water partition coefficient (Wildman–Crippen LogP) is 3.63. The summed E-state index contributed by atoms with van der Waals surface area (Å²) in [6, 6.07) is 3.38. The maximum absolute atomic E-state index is 13.1. The third kappa shape index (κ3) is 2.50. The highest BCUT2D eigenvalue weighted by Gasteiger charge is 2.24. The maximum atomic E-state index is 13.1. The Hall–Kier alpha value is -1.03. The molecule has 82 valence electrons. The molecule has 0 spiro atoms. The molecule has 5 heteroatoms. The molecule has 15 heavy (non-hydrogen) atoms. The first kappa shape index (κ1) is 12.0. The summed E-state index contributed by atoms with van der Waals surface area (Å²) in [5.41, 5.74) is -0.966. The van der Waals surface area contributed by atoms with Gasteiger partial charge in [-0.15, -0.1) is 11.6 Å². The van der Waals surface area contributed by atoms with Gasteiger partial charge in [-0.1, -0.05) is 12.1 Å². The van der Waals surface area contributed by atoms with Crippen molar-refractivity contribution in [1.29, 1.82) is 0 Å². The number of ketones is 1. The molecular formula is C10H8ClF3O. The van der Waals surface area contributed by atoms with E-state index in [1.807, 2.05) is 0 Å². The van der Waals surface area contributed by atoms with E-state index in [-0.39, 0.29) is 5.56 Å². The third-order valence-corrected chi connectivity index (χ3v) is 2.48. The average Bonchev–Trinajstić information content (AvgIpc) is 2.15. The van der Waals surface area contributed by atoms with Gasteiger partial charge in [-0.25, -0.2) is 13.2 Å². The van der Waals surface area contributed by atoms with E-state index < -0.39 is 29.0 Å². The summed E-state index contributed by atoms with van der Waals surface area (Å²) in [5.74, 6) is -1.54. The summed E-state index contributed by atoms with van der Waals surface area (Å²) < 4.78 is 38.1. The zero-order valence-electron chi connectivity index (χ0n) is 7.81. The van der Waals surface area contributed by atoms with Crippen molar-refractivity contribution in [2.24, 2.45) is 0 Å². The van der Waals surface area contributed by atoms with E-state index in [9.17, 15) is 18.0 Å². The molecule has 0 aliphatic heterocycles. The van der Waals surface area contributed by atoms with Crippen molar-refractivity contribution in [1.82, 2.24) is 0 Å². The first-order valence-electron chi connectivity index (χ1n) is 4.16. The Morgan fingerprint density at radius 3 is 2.47 bits per heavy atom. The lowest BCUT2D eigenvalue weighted by Gasteiger charge is -2.12. The van der Waals surface area contributed by atoms with Gasteiger partial charge in [0.2, 0.25) is 0 Å². The van der Waals surface area contributed by atoms with Crippen molar-refractivity contribution in [3.05, 3.63) is 35.1 Å². The highest BCUT2D eigenvalue weighted by atomic mass is 35.5. The fraction of sp³-hybridized carbons (Fsp3) is 0.300. The maximum Gasteiger partial charge on any atom is 0.266 e. The van der Waals surface area contributed by atoms with Crippen LogP contribution in [0.2, 0.25) is 0 Å². The van der Waals surface area contributed by atoms with Gasteiger partial charge in [0, 0.05) is 0 Å². The molecule has 0 heterocycles. The number of benzene rings is 1. The SMILES string of the molecule is CC(=O)C(Cl)c1cccc(F)c1C(F)F. The van der Waals surface area contributed by atoms with Gasteiger partial charge in [0.25, 0.3) is 6.43 Å². The van der Waals surface area contributed by atoms with Crippen LogP contribution in [0.25, 0.3) is 0 Å². The standard InChI is InChI=1S/C10H8ClF3O/c1-5(15)9(11)6-3-2-4-7(12)8(6)10(13)14/h2-4,9-10H,1H3. The van der Waals surface area contributed by atoms with Gasteiger partial charge >= 0.3 is 0 Å². The Bertz CT molecular complexity index is 379. The molecule has 0 saturated carbocycles. The van der Waals surface area contributed by atoms with Crippen LogP contribution in [-0.4, -0.2) is 5.78 Å². The smallest absolute Gasteiger partial charge is 0.266 e. The summed E-state index contributed by atoms with van der Waals surface area (Å²) in [5, 5.41) is -1.23. The number of hydrogen-bond acceptors (Lipinski definition) is 1. The largest absolute Gasteiger partial charge is 0.298 e. The van der Waals surface area contributed by atoms with Crippen LogP contribution >= 0.6 is 11.6 Å². The zero-order chi connectivity index (χ0) is 11.6. The lowest BCUT2D eigenvalue weighted by atomic mass is 10.0. The van der Waals surface area contributed by atoms with Crippen LogP contribution in [0.4, 0.5) is 13.2 Å². The molecule has 0 radical (unpaired) electrons. The quantitative estimate of drug-likeness (QED) is 0.733. The predicted molar refractivity (Wildman–Crippen MR) is 50.6 cm³/mol. The first-order chi connectivity index (χ1) is 6.95. The van der Waals surface area contributed by atoms with Crippen LogP contribution in [0.15, 0.2) is 18.2 Å². The Kier molecular flexibility index (Phi) is 3.74. The molecule has 1 nitrogen and oxygen atoms in total. The van der Waals surface area contributed by atoms with Crippen LogP contribution in [0.3, 0.4) is 0 Å². The fourth-order valence-corrected chi connectivity index (χ4v) is 1.41. The molecule has 1 aromatic rings. The minimum atomic E-state index is -2.98. The first-order valence-corrected chi connectivity index (χ1v) is 4.59. The van der Waals surface area contributed by atoms with Crippen molar-refractivity contribution in [2.75, 3.05) is 0 Å². The molecule has 1 unspecified atom stereocenters. The second-order valence-electron chi connectivity index (χ2n) is 3.02. The molecule has 0 amide bonds. The van der Waals surface area contributed by atoms with Crippen LogP contribution in [0, 0.1) is 5.82 Å². The summed E-state index contributed by atoms with van der Waals surface area (Å²) in [4.78, 5) is 10.9. The highest BCUT2D eigenvalue weighted by molar-refractivity contribution is 6.30. The van der Waals surface area contributed by atoms with E-state index in [0.29, 0.717) is 0 Å². The van der Waals surface area contributed by atoms with E-state index in [2.05, 4.69) is 0 Å². The molecule has 1 rings (SSSR count). The zero-order valence-corrected chi connectivity index (χ0v) is 8.56. The van der Waals surface area contributed by atoms with Crippen molar-refractivity contribution in [3.63, 3.8) is 0 Å². The average molecular weight is 237 g/mol. The number of carbonyl (C=O) groups excluding carboxylic acids is 1. The number of Topliss-reactive ketones (excluding diaryl/α,β-unsaturated/α-hetero) is 1. The molecule has 0 fully saturated rings. The van der Waals surface area contributed by atoms with Gasteiger partial charge in [-0.2, -0.15) is 0 Å². The highest BCUT2D eigenvalue weighted by Crippen LogP contribution is 2.33. The molecule has 0 N–H and O–H groups in total. The molecule has 0 aliphatic carbocycles. The lowest BCUT2D eigenvalue weighted by Crippen LogP contribution is -2.07. The van der Waals surface area contributed by atoms with Crippen LogP contribution in [0.1, 0.15) is 29.9 Å². The Morgan fingerprint density at radius 1 is 1.40 bits per heavy atom. The normalized spacial score (nSPS) is 12.9. The monoisotopic (exact) mass is 236 g/mol. The summed E-state index contributed by atoms with van der Waals surface area (Å²) in [6.45, 7) is 1.16. The van der Waals surface area contributed by atoms with Crippen molar-refractivity contribution in [2.45, 2.75) is 18.7 Å². The van der Waals surface area contributed by atoms with Crippen molar-refractivity contribution < 1.29 is 18.0 Å². The van der Waals surface area contributed by atoms with Crippen molar-refractivity contribution in [3.8, 4) is 0 Å². The molecule has 0 saturated heterocycles. The van der Waals surface area contributed by atoms with Gasteiger partial charge < -0.3 is 0 Å². The number of rotatable bonds is 3. The van der Waals surface area contributed by atoms with E-state index in [1.54, 1.807) is 0 Å². The van der Waals surface area contributed by atoms with E-state index >= 15 is 0 Å². The van der Waals surface area contributed by atoms with Crippen LogP contribution in [-0.2, 0) is 4.79 Å². The molecule has 1 atom stereocenters. The Morgan fingerprint density at radius 2 is 2.00 bits per heavy atom. The van der Waals surface area contributed by atoms with Crippen molar-refractivity contribution >= 4 is 17.4 Å². The van der Waals surface area contributed by atoms with E-state index in [1.165, 1.54) is 12.1 Å². The molecular weight excluding hydrogens is 229 g/mol. The minimum absolute atomic E-state index is 0.167. The number of halogens is 4. The topological polar surface area (TPSA) is 17.1 Å². The van der Waals surface area contributed by atoms with Gasteiger partial charge in [0.15, 0.2) is 5.78 Å². The fourth-order valence-electron chi connectivity index (χ4n) is 1.22. The van der Waals surface area contributed by atoms with E-state index in [4.69, 9.17) is 11.6 Å². The van der Waals surface area contributed by atoms with Gasteiger partial charge in [0.05, 0.1) is 5.56 Å². The summed E-state index contributed by atoms with van der Waals surface area (Å²) in [6.07, 6.45) is -2.98. The summed E-state index contributed by atoms with van der Waals surface area (Å²) in [7, 11) is 0. The van der Waals surface area contributed by atoms with Gasteiger partial charge in [-0.05, 0) is 18.6 Å². The Balaban J connectivity index is 3.28. The molecule has 1 aromatic carbocycles. The Labute approximate surface area is 89.9 Å². The minimum Gasteiger partial charge on any atom is -0.298 e. The third-order valence-electron chi connectivity index (χ3n) is 1.93. The second kappa shape index (κ2) is 4.66. The number of carbonyl (C=O) groups is 1. The lowest BCUT2D eigenvalue weighted by molar-refractivity contribution is -0.116. The van der Waals surface area contributed by atoms with E-state index in [0.717, 1.165) is 13.0 Å². The van der Waals surface area contributed by atoms with Crippen LogP contribution < -0.4 is 0 Å². The second-order valence-corrected chi connectivity index (χ2v) is 3.45. The molecule has 0 aromatic heterocycles.